The standard InChI is InChI=1S/C13H11F2/c14-13(15)9-8-11-6-3-5-10-4-1-2-7-12(10)11/h1-7H,8-9H2. The first kappa shape index (κ1) is 10.1. The van der Waals surface area contributed by atoms with Gasteiger partial charge in [0, 0.05) is 6.42 Å². The molecule has 0 amide bonds. The third-order valence-corrected chi connectivity index (χ3v) is 2.46. The molecule has 2 heteroatoms. The summed E-state index contributed by atoms with van der Waals surface area (Å²) in [6, 6.07) is 13.7. The molecule has 0 aliphatic heterocycles. The van der Waals surface area contributed by atoms with Gasteiger partial charge in [0.1, 0.15) is 0 Å². The van der Waals surface area contributed by atoms with Crippen molar-refractivity contribution in [2.75, 3.05) is 0 Å². The highest BCUT2D eigenvalue weighted by molar-refractivity contribution is 5.85. The number of benzene rings is 2. The second-order valence-corrected chi connectivity index (χ2v) is 3.48. The normalized spacial score (nSPS) is 11.1. The van der Waals surface area contributed by atoms with Crippen LogP contribution < -0.4 is 0 Å². The molecule has 0 saturated carbocycles. The number of rotatable bonds is 3. The highest BCUT2D eigenvalue weighted by Crippen LogP contribution is 2.22. The van der Waals surface area contributed by atoms with Crippen molar-refractivity contribution in [1.29, 1.82) is 0 Å². The molecule has 0 N–H and O–H groups in total. The second-order valence-electron chi connectivity index (χ2n) is 3.48. The molecule has 15 heavy (non-hydrogen) atoms. The zero-order valence-corrected chi connectivity index (χ0v) is 8.21. The molecule has 77 valence electrons. The molecule has 1 radical (unpaired) electrons. The van der Waals surface area contributed by atoms with Crippen LogP contribution in [0.15, 0.2) is 42.5 Å². The van der Waals surface area contributed by atoms with Crippen LogP contribution in [0.25, 0.3) is 10.8 Å². The molecule has 0 aliphatic rings. The molecule has 2 aromatic carbocycles. The SMILES string of the molecule is F[C](F)CCc1cccc2ccccc12. The predicted molar refractivity (Wildman–Crippen MR) is 57.7 cm³/mol. The Balaban J connectivity index is 2.34. The molecule has 0 aliphatic carbocycles. The van der Waals surface area contributed by atoms with E-state index in [0.717, 1.165) is 16.3 Å². The third kappa shape index (κ3) is 2.32. The zero-order valence-electron chi connectivity index (χ0n) is 8.21. The lowest BCUT2D eigenvalue weighted by atomic mass is 10.0. The van der Waals surface area contributed by atoms with Crippen molar-refractivity contribution in [3.8, 4) is 0 Å². The minimum atomic E-state index is -1.50. The van der Waals surface area contributed by atoms with Crippen molar-refractivity contribution in [2.45, 2.75) is 12.8 Å². The number of halogens is 2. The molecule has 0 bridgehead atoms. The molecule has 0 atom stereocenters. The van der Waals surface area contributed by atoms with Gasteiger partial charge in [-0.3, -0.25) is 0 Å². The topological polar surface area (TPSA) is 0 Å². The Labute approximate surface area is 87.5 Å². The van der Waals surface area contributed by atoms with Gasteiger partial charge in [0.05, 0.1) is 0 Å². The molecule has 2 aromatic rings. The molecular weight excluding hydrogens is 194 g/mol. The Hall–Kier alpha value is -1.44. The first-order chi connectivity index (χ1) is 7.27. The van der Waals surface area contributed by atoms with Gasteiger partial charge >= 0.3 is 6.43 Å². The van der Waals surface area contributed by atoms with Gasteiger partial charge in [0.25, 0.3) is 0 Å². The van der Waals surface area contributed by atoms with Crippen LogP contribution in [0.1, 0.15) is 12.0 Å². The summed E-state index contributed by atoms with van der Waals surface area (Å²) < 4.78 is 24.1. The van der Waals surface area contributed by atoms with E-state index in [4.69, 9.17) is 0 Å². The van der Waals surface area contributed by atoms with Gasteiger partial charge in [-0.25, -0.2) is 0 Å². The van der Waals surface area contributed by atoms with E-state index in [1.165, 1.54) is 0 Å². The molecule has 0 nitrogen and oxygen atoms in total. The highest BCUT2D eigenvalue weighted by Gasteiger charge is 2.07. The van der Waals surface area contributed by atoms with E-state index < -0.39 is 6.43 Å². The summed E-state index contributed by atoms with van der Waals surface area (Å²) in [5, 5.41) is 2.18. The van der Waals surface area contributed by atoms with Gasteiger partial charge in [0.2, 0.25) is 0 Å². The van der Waals surface area contributed by atoms with Crippen molar-refractivity contribution in [3.63, 3.8) is 0 Å². The maximum Gasteiger partial charge on any atom is 0.310 e. The largest absolute Gasteiger partial charge is 0.310 e. The summed E-state index contributed by atoms with van der Waals surface area (Å²) in [4.78, 5) is 0. The smallest absolute Gasteiger partial charge is 0.200 e. The van der Waals surface area contributed by atoms with Crippen molar-refractivity contribution >= 4 is 10.8 Å². The van der Waals surface area contributed by atoms with Crippen LogP contribution >= 0.6 is 0 Å². The van der Waals surface area contributed by atoms with E-state index in [1.54, 1.807) is 0 Å². The minimum absolute atomic E-state index is 0.145. The number of fused-ring (bicyclic) bond motifs is 1. The first-order valence-corrected chi connectivity index (χ1v) is 4.91. The second kappa shape index (κ2) is 4.39. The van der Waals surface area contributed by atoms with Crippen LogP contribution in [0.5, 0.6) is 0 Å². The molecule has 0 fully saturated rings. The number of hydrogen-bond acceptors (Lipinski definition) is 0. The van der Waals surface area contributed by atoms with Gasteiger partial charge in [-0.05, 0) is 22.8 Å². The van der Waals surface area contributed by atoms with E-state index in [2.05, 4.69) is 0 Å². The number of hydrogen-bond donors (Lipinski definition) is 0. The Bertz CT molecular complexity index is 444. The summed E-state index contributed by atoms with van der Waals surface area (Å²) in [5.74, 6) is 0. The van der Waals surface area contributed by atoms with E-state index in [0.29, 0.717) is 6.42 Å². The number of aryl methyl sites for hydroxylation is 1. The fourth-order valence-electron chi connectivity index (χ4n) is 1.74. The summed E-state index contributed by atoms with van der Waals surface area (Å²) in [6.45, 7) is 0. The molecular formula is C13H11F2. The van der Waals surface area contributed by atoms with Crippen molar-refractivity contribution in [1.82, 2.24) is 0 Å². The van der Waals surface area contributed by atoms with Crippen molar-refractivity contribution in [2.24, 2.45) is 0 Å². The monoisotopic (exact) mass is 205 g/mol. The van der Waals surface area contributed by atoms with E-state index in [9.17, 15) is 8.78 Å². The minimum Gasteiger partial charge on any atom is -0.200 e. The third-order valence-electron chi connectivity index (χ3n) is 2.46. The predicted octanol–water partition coefficient (Wildman–Crippen LogP) is 4.20. The highest BCUT2D eigenvalue weighted by atomic mass is 19.3. The maximum absolute atomic E-state index is 12.0. The molecule has 0 heterocycles. The van der Waals surface area contributed by atoms with Gasteiger partial charge in [0.15, 0.2) is 0 Å². The van der Waals surface area contributed by atoms with Crippen LogP contribution in [-0.2, 0) is 6.42 Å². The lowest BCUT2D eigenvalue weighted by Crippen LogP contribution is -1.89. The lowest BCUT2D eigenvalue weighted by Gasteiger charge is -2.05. The zero-order chi connectivity index (χ0) is 10.7. The summed E-state index contributed by atoms with van der Waals surface area (Å²) in [6.07, 6.45) is -1.24. The Morgan fingerprint density at radius 3 is 2.47 bits per heavy atom. The van der Waals surface area contributed by atoms with E-state index >= 15 is 0 Å². The Morgan fingerprint density at radius 1 is 0.933 bits per heavy atom. The maximum atomic E-state index is 12.0. The average Bonchev–Trinajstić information content (AvgIpc) is 2.26. The first-order valence-electron chi connectivity index (χ1n) is 4.91. The summed E-state index contributed by atoms with van der Waals surface area (Å²) >= 11 is 0. The quantitative estimate of drug-likeness (QED) is 0.704. The van der Waals surface area contributed by atoms with Crippen molar-refractivity contribution in [3.05, 3.63) is 54.5 Å². The molecule has 0 saturated heterocycles. The van der Waals surface area contributed by atoms with Crippen LogP contribution in [0.4, 0.5) is 8.78 Å². The van der Waals surface area contributed by atoms with Crippen molar-refractivity contribution < 1.29 is 8.78 Å². The fourth-order valence-corrected chi connectivity index (χ4v) is 1.74. The van der Waals surface area contributed by atoms with Gasteiger partial charge in [-0.1, -0.05) is 42.5 Å². The van der Waals surface area contributed by atoms with Crippen LogP contribution in [0.3, 0.4) is 0 Å². The summed E-state index contributed by atoms with van der Waals surface area (Å²) in [7, 11) is 0. The lowest BCUT2D eigenvalue weighted by molar-refractivity contribution is 0.270. The summed E-state index contributed by atoms with van der Waals surface area (Å²) in [5.41, 5.74) is 0.987. The van der Waals surface area contributed by atoms with E-state index in [-0.39, 0.29) is 6.42 Å². The molecule has 0 unspecified atom stereocenters. The van der Waals surface area contributed by atoms with Crippen LogP contribution in [0, 0.1) is 6.43 Å². The van der Waals surface area contributed by atoms with Gasteiger partial charge < -0.3 is 0 Å². The van der Waals surface area contributed by atoms with Crippen LogP contribution in [0.2, 0.25) is 0 Å². The van der Waals surface area contributed by atoms with E-state index in [1.807, 2.05) is 42.5 Å². The molecule has 2 rings (SSSR count). The molecule has 0 spiro atoms. The Morgan fingerprint density at radius 2 is 1.67 bits per heavy atom. The van der Waals surface area contributed by atoms with Gasteiger partial charge in [-0.2, -0.15) is 8.78 Å². The fraction of sp³-hybridized carbons (Fsp3) is 0.154. The Kier molecular flexibility index (Phi) is 2.95. The average molecular weight is 205 g/mol. The van der Waals surface area contributed by atoms with Crippen LogP contribution in [-0.4, -0.2) is 0 Å². The van der Waals surface area contributed by atoms with Gasteiger partial charge in [-0.15, -0.1) is 0 Å². The molecule has 0 aromatic heterocycles.